The second-order valence-electron chi connectivity index (χ2n) is 12.6. The van der Waals surface area contributed by atoms with Crippen molar-refractivity contribution in [3.05, 3.63) is 35.9 Å². The van der Waals surface area contributed by atoms with Crippen LogP contribution in [0.4, 0.5) is 4.79 Å². The van der Waals surface area contributed by atoms with Crippen molar-refractivity contribution in [1.82, 2.24) is 21.3 Å². The number of amides is 4. The topological polar surface area (TPSA) is 155 Å². The van der Waals surface area contributed by atoms with Gasteiger partial charge in [0.05, 0.1) is 18.8 Å². The molecule has 0 bridgehead atoms. The second kappa shape index (κ2) is 16.5. The Morgan fingerprint density at radius 2 is 1.62 bits per heavy atom. The van der Waals surface area contributed by atoms with E-state index in [1.807, 2.05) is 44.2 Å². The number of nitrogens with one attached hydrogen (secondary N) is 4. The van der Waals surface area contributed by atoms with E-state index in [1.165, 1.54) is 0 Å². The lowest BCUT2D eigenvalue weighted by Crippen LogP contribution is -2.56. The summed E-state index contributed by atoms with van der Waals surface area (Å²) in [5.41, 5.74) is 0.216. The summed E-state index contributed by atoms with van der Waals surface area (Å²) >= 11 is 0. The minimum absolute atomic E-state index is 0.0680. The van der Waals surface area contributed by atoms with Gasteiger partial charge in [-0.2, -0.15) is 0 Å². The SMILES string of the molecule is CC(C)C[C@H](NC(=O)[C@@H](NC(=O)OC(C)(C)C)[C@@H]1CCOC1)[C@@H](O)C[C@@H](C)C(=O)N[C@@H](C)C(=O)NCc1ccccc1. The number of carbonyl (C=O) groups excluding carboxylic acids is 4. The third-order valence-corrected chi connectivity index (χ3v) is 7.01. The van der Waals surface area contributed by atoms with Gasteiger partial charge >= 0.3 is 6.09 Å². The molecule has 236 valence electrons. The van der Waals surface area contributed by atoms with Gasteiger partial charge in [-0.25, -0.2) is 4.79 Å². The van der Waals surface area contributed by atoms with Gasteiger partial charge in [0, 0.05) is 25.0 Å². The van der Waals surface area contributed by atoms with Crippen LogP contribution in [0.25, 0.3) is 0 Å². The molecule has 2 rings (SSSR count). The van der Waals surface area contributed by atoms with Gasteiger partial charge in [0.25, 0.3) is 0 Å². The maximum absolute atomic E-state index is 13.5. The number of carbonyl (C=O) groups is 4. The first-order valence-corrected chi connectivity index (χ1v) is 14.8. The van der Waals surface area contributed by atoms with E-state index in [1.54, 1.807) is 34.6 Å². The van der Waals surface area contributed by atoms with E-state index in [0.29, 0.717) is 32.6 Å². The van der Waals surface area contributed by atoms with E-state index >= 15 is 0 Å². The van der Waals surface area contributed by atoms with E-state index in [0.717, 1.165) is 5.56 Å². The van der Waals surface area contributed by atoms with Crippen molar-refractivity contribution in [2.24, 2.45) is 17.8 Å². The fourth-order valence-corrected chi connectivity index (χ4v) is 4.73. The molecule has 1 aliphatic heterocycles. The monoisotopic (exact) mass is 590 g/mol. The summed E-state index contributed by atoms with van der Waals surface area (Å²) in [7, 11) is 0. The van der Waals surface area contributed by atoms with E-state index in [-0.39, 0.29) is 30.1 Å². The molecular weight excluding hydrogens is 540 g/mol. The number of hydrogen-bond donors (Lipinski definition) is 5. The van der Waals surface area contributed by atoms with Crippen LogP contribution < -0.4 is 21.3 Å². The smallest absolute Gasteiger partial charge is 0.408 e. The standard InChI is InChI=1S/C31H50N4O7/c1-19(2)15-24(34-29(39)26(23-13-14-41-18-23)35-30(40)42-31(5,6)7)25(36)16-20(3)27(37)33-21(4)28(38)32-17-22-11-9-8-10-12-22/h8-12,19-21,23-26,36H,13-18H2,1-7H3,(H,32,38)(H,33,37)(H,34,39)(H,35,40)/t20-,21+,23-,24+,25+,26+/m1/s1. The minimum Gasteiger partial charge on any atom is -0.444 e. The molecule has 4 amide bonds. The number of benzene rings is 1. The van der Waals surface area contributed by atoms with Crippen molar-refractivity contribution in [2.45, 2.75) is 104 Å². The molecule has 0 spiro atoms. The molecule has 1 aliphatic rings. The lowest BCUT2D eigenvalue weighted by atomic mass is 9.91. The highest BCUT2D eigenvalue weighted by Crippen LogP contribution is 2.20. The van der Waals surface area contributed by atoms with Gasteiger partial charge in [0.15, 0.2) is 0 Å². The van der Waals surface area contributed by atoms with Gasteiger partial charge in [-0.3, -0.25) is 14.4 Å². The minimum atomic E-state index is -1.04. The first kappa shape index (κ1) is 35.0. The Kier molecular flexibility index (Phi) is 13.7. The van der Waals surface area contributed by atoms with Crippen molar-refractivity contribution >= 4 is 23.8 Å². The Labute approximate surface area is 249 Å². The lowest BCUT2D eigenvalue weighted by molar-refractivity contribution is -0.131. The zero-order valence-electron chi connectivity index (χ0n) is 26.1. The molecule has 0 saturated carbocycles. The molecule has 0 aliphatic carbocycles. The van der Waals surface area contributed by atoms with E-state index < -0.39 is 47.7 Å². The van der Waals surface area contributed by atoms with Crippen LogP contribution in [0.3, 0.4) is 0 Å². The molecular formula is C31H50N4O7. The highest BCUT2D eigenvalue weighted by Gasteiger charge is 2.36. The van der Waals surface area contributed by atoms with Gasteiger partial charge < -0.3 is 35.8 Å². The zero-order chi connectivity index (χ0) is 31.4. The summed E-state index contributed by atoms with van der Waals surface area (Å²) in [5, 5.41) is 22.3. The van der Waals surface area contributed by atoms with Crippen LogP contribution >= 0.6 is 0 Å². The predicted molar refractivity (Wildman–Crippen MR) is 159 cm³/mol. The quantitative estimate of drug-likeness (QED) is 0.223. The van der Waals surface area contributed by atoms with Gasteiger partial charge in [0.2, 0.25) is 17.7 Å². The molecule has 1 saturated heterocycles. The molecule has 0 unspecified atom stereocenters. The Hall–Kier alpha value is -3.18. The predicted octanol–water partition coefficient (Wildman–Crippen LogP) is 2.66. The van der Waals surface area contributed by atoms with E-state index in [4.69, 9.17) is 9.47 Å². The molecule has 5 N–H and O–H groups in total. The molecule has 1 aromatic rings. The number of alkyl carbamates (subject to hydrolysis) is 1. The number of aliphatic hydroxyl groups is 1. The van der Waals surface area contributed by atoms with Crippen LogP contribution in [0, 0.1) is 17.8 Å². The Morgan fingerprint density at radius 3 is 2.19 bits per heavy atom. The second-order valence-corrected chi connectivity index (χ2v) is 12.6. The Balaban J connectivity index is 1.99. The normalized spacial score (nSPS) is 18.7. The van der Waals surface area contributed by atoms with E-state index in [9.17, 15) is 24.3 Å². The summed E-state index contributed by atoms with van der Waals surface area (Å²) in [6, 6.07) is 7.13. The molecule has 42 heavy (non-hydrogen) atoms. The average molecular weight is 591 g/mol. The highest BCUT2D eigenvalue weighted by atomic mass is 16.6. The third-order valence-electron chi connectivity index (χ3n) is 7.01. The molecule has 0 radical (unpaired) electrons. The Bertz CT molecular complexity index is 1020. The lowest BCUT2D eigenvalue weighted by Gasteiger charge is -2.31. The summed E-state index contributed by atoms with van der Waals surface area (Å²) in [4.78, 5) is 51.4. The Morgan fingerprint density at radius 1 is 0.952 bits per heavy atom. The van der Waals surface area contributed by atoms with Crippen molar-refractivity contribution < 1.29 is 33.8 Å². The molecule has 6 atom stereocenters. The van der Waals surface area contributed by atoms with Crippen LogP contribution in [-0.2, 0) is 30.4 Å². The molecule has 11 nitrogen and oxygen atoms in total. The van der Waals surface area contributed by atoms with Crippen molar-refractivity contribution in [2.75, 3.05) is 13.2 Å². The van der Waals surface area contributed by atoms with Crippen LogP contribution in [0.2, 0.25) is 0 Å². The van der Waals surface area contributed by atoms with Crippen LogP contribution in [-0.4, -0.2) is 72.0 Å². The first-order valence-electron chi connectivity index (χ1n) is 14.8. The zero-order valence-corrected chi connectivity index (χ0v) is 26.1. The number of ether oxygens (including phenoxy) is 2. The van der Waals surface area contributed by atoms with Crippen LogP contribution in [0.5, 0.6) is 0 Å². The van der Waals surface area contributed by atoms with Crippen molar-refractivity contribution in [3.8, 4) is 0 Å². The maximum Gasteiger partial charge on any atom is 0.408 e. The van der Waals surface area contributed by atoms with Gasteiger partial charge in [-0.1, -0.05) is 51.1 Å². The molecule has 1 heterocycles. The van der Waals surface area contributed by atoms with Crippen molar-refractivity contribution in [3.63, 3.8) is 0 Å². The number of hydrogen-bond acceptors (Lipinski definition) is 7. The third kappa shape index (κ3) is 12.4. The summed E-state index contributed by atoms with van der Waals surface area (Å²) in [5.74, 6) is -1.87. The summed E-state index contributed by atoms with van der Waals surface area (Å²) in [6.07, 6.45) is -0.623. The van der Waals surface area contributed by atoms with Crippen LogP contribution in [0.15, 0.2) is 30.3 Å². The molecule has 1 aromatic carbocycles. The molecule has 1 fully saturated rings. The molecule has 11 heteroatoms. The average Bonchev–Trinajstić information content (AvgIpc) is 3.43. The van der Waals surface area contributed by atoms with Gasteiger partial charge in [0.1, 0.15) is 17.7 Å². The van der Waals surface area contributed by atoms with Gasteiger partial charge in [-0.05, 0) is 58.4 Å². The highest BCUT2D eigenvalue weighted by molar-refractivity contribution is 5.88. The van der Waals surface area contributed by atoms with Gasteiger partial charge in [-0.15, -0.1) is 0 Å². The number of aliphatic hydroxyl groups excluding tert-OH is 1. The first-order chi connectivity index (χ1) is 19.7. The number of rotatable bonds is 14. The maximum atomic E-state index is 13.5. The van der Waals surface area contributed by atoms with Crippen molar-refractivity contribution in [1.29, 1.82) is 0 Å². The summed E-state index contributed by atoms with van der Waals surface area (Å²) in [6.45, 7) is 13.6. The summed E-state index contributed by atoms with van der Waals surface area (Å²) < 4.78 is 10.8. The fraction of sp³-hybridized carbons (Fsp3) is 0.677. The largest absolute Gasteiger partial charge is 0.444 e. The fourth-order valence-electron chi connectivity index (χ4n) is 4.73. The van der Waals surface area contributed by atoms with Crippen LogP contribution in [0.1, 0.15) is 73.3 Å². The molecule has 0 aromatic heterocycles. The van der Waals surface area contributed by atoms with E-state index in [2.05, 4.69) is 21.3 Å².